The van der Waals surface area contributed by atoms with Crippen LogP contribution in [0.4, 0.5) is 5.69 Å². The van der Waals surface area contributed by atoms with E-state index in [1.807, 2.05) is 6.92 Å². The van der Waals surface area contributed by atoms with E-state index in [2.05, 4.69) is 10.3 Å². The first-order chi connectivity index (χ1) is 13.4. The zero-order valence-electron chi connectivity index (χ0n) is 16.4. The summed E-state index contributed by atoms with van der Waals surface area (Å²) in [5, 5.41) is 2.63. The number of amides is 1. The molecule has 0 aliphatic carbocycles. The van der Waals surface area contributed by atoms with Gasteiger partial charge in [0.05, 0.1) is 18.8 Å². The number of H-pyrrole nitrogens is 1. The molecule has 0 aliphatic heterocycles. The number of hydrogen-bond acceptors (Lipinski definition) is 6. The molecule has 1 amide bonds. The van der Waals surface area contributed by atoms with Crippen molar-refractivity contribution in [2.45, 2.75) is 27.7 Å². The number of hydrogen-bond donors (Lipinski definition) is 2. The maximum Gasteiger partial charge on any atom is 0.355 e. The lowest BCUT2D eigenvalue weighted by molar-refractivity contribution is -0.119. The van der Waals surface area contributed by atoms with Crippen LogP contribution in [0.2, 0.25) is 0 Å². The topological polar surface area (TPSA) is 107 Å². The molecule has 0 fully saturated rings. The summed E-state index contributed by atoms with van der Waals surface area (Å²) in [6.07, 6.45) is 0. The van der Waals surface area contributed by atoms with E-state index < -0.39 is 24.5 Å². The van der Waals surface area contributed by atoms with Gasteiger partial charge in [0.2, 0.25) is 0 Å². The van der Waals surface area contributed by atoms with Gasteiger partial charge in [-0.15, -0.1) is 0 Å². The Morgan fingerprint density at radius 3 is 2.25 bits per heavy atom. The number of benzene rings is 1. The van der Waals surface area contributed by atoms with E-state index in [1.165, 1.54) is 0 Å². The lowest BCUT2D eigenvalue weighted by Gasteiger charge is -2.08. The maximum atomic E-state index is 12.4. The average molecular weight is 388 g/mol. The van der Waals surface area contributed by atoms with Crippen molar-refractivity contribution in [2.24, 2.45) is 0 Å². The fourth-order valence-corrected chi connectivity index (χ4v) is 2.67. The second kappa shape index (κ2) is 9.59. The minimum Gasteiger partial charge on any atom is -0.494 e. The molecule has 0 aliphatic rings. The van der Waals surface area contributed by atoms with Crippen LogP contribution in [0.25, 0.3) is 0 Å². The Bertz CT molecular complexity index is 854. The molecule has 0 spiro atoms. The van der Waals surface area contributed by atoms with E-state index in [0.717, 1.165) is 0 Å². The Kier molecular flexibility index (Phi) is 7.20. The SMILES string of the molecule is CCOC(=O)c1[nH]c(C)c(C(=O)OCC(=O)Nc2ccc(OCC)cc2)c1C. The highest BCUT2D eigenvalue weighted by Gasteiger charge is 2.24. The van der Waals surface area contributed by atoms with Crippen LogP contribution in [-0.4, -0.2) is 42.7 Å². The van der Waals surface area contributed by atoms with Gasteiger partial charge in [0, 0.05) is 11.4 Å². The molecule has 2 aromatic rings. The molecule has 0 bridgehead atoms. The van der Waals surface area contributed by atoms with E-state index in [9.17, 15) is 14.4 Å². The van der Waals surface area contributed by atoms with E-state index in [0.29, 0.717) is 29.3 Å². The summed E-state index contributed by atoms with van der Waals surface area (Å²) in [6, 6.07) is 6.84. The van der Waals surface area contributed by atoms with E-state index in [1.54, 1.807) is 45.0 Å². The number of aryl methyl sites for hydroxylation is 1. The van der Waals surface area contributed by atoms with Gasteiger partial charge in [-0.3, -0.25) is 4.79 Å². The van der Waals surface area contributed by atoms with Crippen molar-refractivity contribution >= 4 is 23.5 Å². The zero-order chi connectivity index (χ0) is 20.7. The van der Waals surface area contributed by atoms with Crippen LogP contribution in [0.3, 0.4) is 0 Å². The summed E-state index contributed by atoms with van der Waals surface area (Å²) in [7, 11) is 0. The Labute approximate surface area is 163 Å². The minimum absolute atomic E-state index is 0.199. The second-order valence-electron chi connectivity index (χ2n) is 5.93. The third-order valence-corrected chi connectivity index (χ3v) is 3.90. The molecule has 8 heteroatoms. The number of nitrogens with one attached hydrogen (secondary N) is 2. The summed E-state index contributed by atoms with van der Waals surface area (Å²) in [5.41, 5.74) is 1.87. The molecule has 28 heavy (non-hydrogen) atoms. The number of aromatic amines is 1. The minimum atomic E-state index is -0.691. The number of esters is 2. The number of carbonyl (C=O) groups excluding carboxylic acids is 3. The van der Waals surface area contributed by atoms with Gasteiger partial charge in [-0.1, -0.05) is 0 Å². The lowest BCUT2D eigenvalue weighted by Crippen LogP contribution is -2.21. The highest BCUT2D eigenvalue weighted by Crippen LogP contribution is 2.20. The first kappa shape index (κ1) is 21.0. The Morgan fingerprint density at radius 1 is 0.964 bits per heavy atom. The van der Waals surface area contributed by atoms with Gasteiger partial charge < -0.3 is 24.5 Å². The van der Waals surface area contributed by atoms with Crippen molar-refractivity contribution in [3.63, 3.8) is 0 Å². The molecule has 150 valence electrons. The van der Waals surface area contributed by atoms with Crippen molar-refractivity contribution < 1.29 is 28.6 Å². The monoisotopic (exact) mass is 388 g/mol. The summed E-state index contributed by atoms with van der Waals surface area (Å²) in [5.74, 6) is -1.02. The predicted molar refractivity (Wildman–Crippen MR) is 103 cm³/mol. The quantitative estimate of drug-likeness (QED) is 0.673. The van der Waals surface area contributed by atoms with Crippen LogP contribution in [-0.2, 0) is 14.3 Å². The van der Waals surface area contributed by atoms with Crippen LogP contribution >= 0.6 is 0 Å². The largest absolute Gasteiger partial charge is 0.494 e. The number of carbonyl (C=O) groups is 3. The van der Waals surface area contributed by atoms with Gasteiger partial charge in [-0.25, -0.2) is 9.59 Å². The molecule has 8 nitrogen and oxygen atoms in total. The zero-order valence-corrected chi connectivity index (χ0v) is 16.4. The lowest BCUT2D eigenvalue weighted by atomic mass is 10.1. The molecule has 1 aromatic heterocycles. The summed E-state index contributed by atoms with van der Waals surface area (Å²) >= 11 is 0. The van der Waals surface area contributed by atoms with Crippen molar-refractivity contribution in [2.75, 3.05) is 25.1 Å². The normalized spacial score (nSPS) is 10.3. The van der Waals surface area contributed by atoms with Crippen LogP contribution in [0.15, 0.2) is 24.3 Å². The number of ether oxygens (including phenoxy) is 3. The molecule has 0 unspecified atom stereocenters. The molecule has 0 radical (unpaired) electrons. The molecule has 0 saturated heterocycles. The highest BCUT2D eigenvalue weighted by molar-refractivity contribution is 6.00. The highest BCUT2D eigenvalue weighted by atomic mass is 16.5. The number of rotatable bonds is 8. The third kappa shape index (κ3) is 5.12. The molecule has 1 aromatic carbocycles. The van der Waals surface area contributed by atoms with Crippen molar-refractivity contribution in [3.05, 3.63) is 46.8 Å². The smallest absolute Gasteiger partial charge is 0.355 e. The first-order valence-corrected chi connectivity index (χ1v) is 8.93. The van der Waals surface area contributed by atoms with E-state index in [-0.39, 0.29) is 17.9 Å². The van der Waals surface area contributed by atoms with E-state index in [4.69, 9.17) is 14.2 Å². The standard InChI is InChI=1S/C20H24N2O6/c1-5-26-15-9-7-14(8-10-15)22-16(23)11-28-19(24)17-12(3)18(21-13(17)4)20(25)27-6-2/h7-10,21H,5-6,11H2,1-4H3,(H,22,23). The van der Waals surface area contributed by atoms with Gasteiger partial charge in [0.1, 0.15) is 11.4 Å². The van der Waals surface area contributed by atoms with Gasteiger partial charge in [-0.05, 0) is 57.5 Å². The molecule has 0 saturated carbocycles. The fourth-order valence-electron chi connectivity index (χ4n) is 2.67. The van der Waals surface area contributed by atoms with Crippen LogP contribution in [0.1, 0.15) is 46.0 Å². The van der Waals surface area contributed by atoms with Gasteiger partial charge >= 0.3 is 11.9 Å². The Hall–Kier alpha value is -3.29. The third-order valence-electron chi connectivity index (χ3n) is 3.90. The fraction of sp³-hybridized carbons (Fsp3) is 0.350. The molecular formula is C20H24N2O6. The number of anilines is 1. The van der Waals surface area contributed by atoms with E-state index >= 15 is 0 Å². The van der Waals surface area contributed by atoms with Crippen molar-refractivity contribution in [3.8, 4) is 5.75 Å². The average Bonchev–Trinajstić information content (AvgIpc) is 2.96. The van der Waals surface area contributed by atoms with Crippen LogP contribution in [0.5, 0.6) is 5.75 Å². The molecule has 1 heterocycles. The van der Waals surface area contributed by atoms with Crippen molar-refractivity contribution in [1.29, 1.82) is 0 Å². The molecule has 2 rings (SSSR count). The van der Waals surface area contributed by atoms with Crippen molar-refractivity contribution in [1.82, 2.24) is 4.98 Å². The first-order valence-electron chi connectivity index (χ1n) is 8.93. The maximum absolute atomic E-state index is 12.4. The Balaban J connectivity index is 1.96. The van der Waals surface area contributed by atoms with Gasteiger partial charge in [0.15, 0.2) is 6.61 Å². The second-order valence-corrected chi connectivity index (χ2v) is 5.93. The van der Waals surface area contributed by atoms with Gasteiger partial charge in [0.25, 0.3) is 5.91 Å². The van der Waals surface area contributed by atoms with Gasteiger partial charge in [-0.2, -0.15) is 0 Å². The Morgan fingerprint density at radius 2 is 1.64 bits per heavy atom. The molecule has 2 N–H and O–H groups in total. The molecule has 0 atom stereocenters. The predicted octanol–water partition coefficient (Wildman–Crippen LogP) is 3.00. The number of aromatic nitrogens is 1. The van der Waals surface area contributed by atoms with Crippen LogP contribution < -0.4 is 10.1 Å². The summed E-state index contributed by atoms with van der Waals surface area (Å²) < 4.78 is 15.4. The molecular weight excluding hydrogens is 364 g/mol. The van der Waals surface area contributed by atoms with Crippen LogP contribution in [0, 0.1) is 13.8 Å². The summed E-state index contributed by atoms with van der Waals surface area (Å²) in [6.45, 7) is 7.16. The summed E-state index contributed by atoms with van der Waals surface area (Å²) in [4.78, 5) is 39.1.